The minimum atomic E-state index is -0.938. The maximum atomic E-state index is 10.9. The molecule has 0 fully saturated rings. The Morgan fingerprint density at radius 3 is 2.74 bits per heavy atom. The minimum absolute atomic E-state index is 0.0438. The van der Waals surface area contributed by atoms with Crippen molar-refractivity contribution in [1.29, 1.82) is 0 Å². The second-order valence-corrected chi connectivity index (χ2v) is 4.28. The van der Waals surface area contributed by atoms with E-state index in [1.54, 1.807) is 30.6 Å². The Morgan fingerprint density at radius 2 is 2.05 bits per heavy atom. The predicted molar refractivity (Wildman–Crippen MR) is 72.2 cm³/mol. The first-order valence-corrected chi connectivity index (χ1v) is 5.95. The molecule has 2 aromatic rings. The number of nitrogens with one attached hydrogen (secondary N) is 1. The number of carboxylic acid groups (broad SMARTS) is 1. The second kappa shape index (κ2) is 5.48. The topological polar surface area (TPSA) is 75.1 Å². The fourth-order valence-electron chi connectivity index (χ4n) is 1.90. The van der Waals surface area contributed by atoms with E-state index in [2.05, 4.69) is 15.3 Å². The maximum Gasteiger partial charge on any atom is 0.335 e. The highest BCUT2D eigenvalue weighted by Crippen LogP contribution is 2.19. The molecular formula is C14H15N3O2. The lowest BCUT2D eigenvalue weighted by Crippen LogP contribution is -2.11. The number of benzene rings is 1. The van der Waals surface area contributed by atoms with Crippen LogP contribution in [0.1, 0.15) is 34.7 Å². The highest BCUT2D eigenvalue weighted by molar-refractivity contribution is 5.88. The third kappa shape index (κ3) is 3.07. The largest absolute Gasteiger partial charge is 0.478 e. The van der Waals surface area contributed by atoms with E-state index >= 15 is 0 Å². The van der Waals surface area contributed by atoms with Gasteiger partial charge >= 0.3 is 5.97 Å². The van der Waals surface area contributed by atoms with Crippen LogP contribution in [-0.4, -0.2) is 21.0 Å². The molecule has 0 aliphatic carbocycles. The van der Waals surface area contributed by atoms with Crippen molar-refractivity contribution in [2.75, 3.05) is 5.32 Å². The van der Waals surface area contributed by atoms with E-state index in [4.69, 9.17) is 5.11 Å². The van der Waals surface area contributed by atoms with Crippen LogP contribution in [0.4, 0.5) is 5.69 Å². The van der Waals surface area contributed by atoms with Gasteiger partial charge in [0.05, 0.1) is 23.0 Å². The zero-order chi connectivity index (χ0) is 13.8. The van der Waals surface area contributed by atoms with Crippen molar-refractivity contribution in [2.24, 2.45) is 0 Å². The van der Waals surface area contributed by atoms with E-state index in [9.17, 15) is 4.79 Å². The number of hydrogen-bond acceptors (Lipinski definition) is 4. The lowest BCUT2D eigenvalue weighted by Gasteiger charge is -2.16. The van der Waals surface area contributed by atoms with E-state index in [0.29, 0.717) is 0 Å². The van der Waals surface area contributed by atoms with Crippen molar-refractivity contribution < 1.29 is 9.90 Å². The highest BCUT2D eigenvalue weighted by Gasteiger charge is 2.11. The summed E-state index contributed by atoms with van der Waals surface area (Å²) in [5.41, 5.74) is 2.71. The first-order chi connectivity index (χ1) is 9.08. The molecule has 1 atom stereocenters. The van der Waals surface area contributed by atoms with Gasteiger partial charge in [-0.1, -0.05) is 6.07 Å². The van der Waals surface area contributed by atoms with Gasteiger partial charge in [-0.15, -0.1) is 0 Å². The molecule has 0 amide bonds. The average molecular weight is 257 g/mol. The van der Waals surface area contributed by atoms with Gasteiger partial charge in [-0.05, 0) is 32.0 Å². The summed E-state index contributed by atoms with van der Waals surface area (Å²) in [6.45, 7) is 3.86. The van der Waals surface area contributed by atoms with Crippen LogP contribution in [0.25, 0.3) is 0 Å². The van der Waals surface area contributed by atoms with E-state index in [0.717, 1.165) is 17.1 Å². The molecule has 5 heteroatoms. The number of anilines is 1. The molecule has 2 N–H and O–H groups in total. The van der Waals surface area contributed by atoms with Crippen LogP contribution in [0.5, 0.6) is 0 Å². The van der Waals surface area contributed by atoms with Crippen molar-refractivity contribution in [2.45, 2.75) is 19.9 Å². The fourth-order valence-corrected chi connectivity index (χ4v) is 1.90. The summed E-state index contributed by atoms with van der Waals surface area (Å²) >= 11 is 0. The first-order valence-electron chi connectivity index (χ1n) is 5.95. The van der Waals surface area contributed by atoms with Crippen LogP contribution in [0.3, 0.4) is 0 Å². The lowest BCUT2D eigenvalue weighted by molar-refractivity contribution is 0.0697. The molecule has 19 heavy (non-hydrogen) atoms. The Bertz CT molecular complexity index is 599. The quantitative estimate of drug-likeness (QED) is 0.880. The zero-order valence-corrected chi connectivity index (χ0v) is 10.8. The van der Waals surface area contributed by atoms with Crippen molar-refractivity contribution in [3.8, 4) is 0 Å². The number of carbonyl (C=O) groups is 1. The average Bonchev–Trinajstić information content (AvgIpc) is 2.39. The summed E-state index contributed by atoms with van der Waals surface area (Å²) in [5.74, 6) is -0.938. The van der Waals surface area contributed by atoms with Crippen molar-refractivity contribution in [3.05, 3.63) is 53.6 Å². The number of aryl methyl sites for hydroxylation is 1. The summed E-state index contributed by atoms with van der Waals surface area (Å²) in [7, 11) is 0. The molecule has 98 valence electrons. The van der Waals surface area contributed by atoms with E-state index in [1.807, 2.05) is 19.9 Å². The van der Waals surface area contributed by atoms with Gasteiger partial charge in [-0.25, -0.2) is 4.79 Å². The zero-order valence-electron chi connectivity index (χ0n) is 10.8. The third-order valence-electron chi connectivity index (χ3n) is 2.82. The van der Waals surface area contributed by atoms with Gasteiger partial charge in [0.15, 0.2) is 0 Å². The molecule has 5 nitrogen and oxygen atoms in total. The van der Waals surface area contributed by atoms with Crippen molar-refractivity contribution in [3.63, 3.8) is 0 Å². The van der Waals surface area contributed by atoms with Gasteiger partial charge in [-0.2, -0.15) is 0 Å². The Labute approximate surface area is 111 Å². The van der Waals surface area contributed by atoms with E-state index < -0.39 is 5.97 Å². The summed E-state index contributed by atoms with van der Waals surface area (Å²) in [6, 6.07) is 6.66. The molecule has 1 aromatic carbocycles. The van der Waals surface area contributed by atoms with Crippen LogP contribution in [0.15, 0.2) is 36.7 Å². The molecule has 2 rings (SSSR count). The summed E-state index contributed by atoms with van der Waals surface area (Å²) in [4.78, 5) is 19.4. The Hall–Kier alpha value is -2.43. The Kier molecular flexibility index (Phi) is 3.75. The number of aromatic nitrogens is 2. The van der Waals surface area contributed by atoms with Gasteiger partial charge in [-0.3, -0.25) is 9.97 Å². The maximum absolute atomic E-state index is 10.9. The van der Waals surface area contributed by atoms with Crippen molar-refractivity contribution in [1.82, 2.24) is 9.97 Å². The fraction of sp³-hybridized carbons (Fsp3) is 0.214. The number of carboxylic acids is 1. The van der Waals surface area contributed by atoms with Crippen LogP contribution in [0.2, 0.25) is 0 Å². The lowest BCUT2D eigenvalue weighted by atomic mass is 10.1. The molecule has 1 heterocycles. The molecule has 0 aliphatic rings. The molecule has 0 saturated carbocycles. The molecule has 0 spiro atoms. The van der Waals surface area contributed by atoms with Gasteiger partial charge in [0.1, 0.15) is 0 Å². The smallest absolute Gasteiger partial charge is 0.335 e. The summed E-state index contributed by atoms with van der Waals surface area (Å²) < 4.78 is 0. The van der Waals surface area contributed by atoms with Crippen LogP contribution >= 0.6 is 0 Å². The van der Waals surface area contributed by atoms with Gasteiger partial charge in [0, 0.05) is 18.1 Å². The molecule has 0 radical (unpaired) electrons. The monoisotopic (exact) mass is 257 g/mol. The normalized spacial score (nSPS) is 11.9. The van der Waals surface area contributed by atoms with Crippen LogP contribution < -0.4 is 5.32 Å². The molecule has 0 saturated heterocycles. The molecular weight excluding hydrogens is 242 g/mol. The third-order valence-corrected chi connectivity index (χ3v) is 2.82. The van der Waals surface area contributed by atoms with E-state index in [-0.39, 0.29) is 11.6 Å². The number of nitrogens with zero attached hydrogens (tertiary/aromatic N) is 2. The Balaban J connectivity index is 2.19. The molecule has 0 bridgehead atoms. The Morgan fingerprint density at radius 1 is 1.32 bits per heavy atom. The standard InChI is InChI=1S/C14H15N3O2/c1-9-13(16-7-6-15-9)10(2)17-12-5-3-4-11(8-12)14(18)19/h3-8,10,17H,1-2H3,(H,18,19). The van der Waals surface area contributed by atoms with Gasteiger partial charge in [0.25, 0.3) is 0 Å². The minimum Gasteiger partial charge on any atom is -0.478 e. The van der Waals surface area contributed by atoms with E-state index in [1.165, 1.54) is 0 Å². The summed E-state index contributed by atoms with van der Waals surface area (Å²) in [5, 5.41) is 12.2. The van der Waals surface area contributed by atoms with Crippen molar-refractivity contribution >= 4 is 11.7 Å². The molecule has 0 aliphatic heterocycles. The van der Waals surface area contributed by atoms with Gasteiger partial charge in [0.2, 0.25) is 0 Å². The molecule has 1 aromatic heterocycles. The predicted octanol–water partition coefficient (Wildman–Crippen LogP) is 2.66. The van der Waals surface area contributed by atoms with Gasteiger partial charge < -0.3 is 10.4 Å². The summed E-state index contributed by atoms with van der Waals surface area (Å²) in [6.07, 6.45) is 3.30. The molecule has 1 unspecified atom stereocenters. The number of aromatic carboxylic acids is 1. The highest BCUT2D eigenvalue weighted by atomic mass is 16.4. The SMILES string of the molecule is Cc1nccnc1C(C)Nc1cccc(C(=O)O)c1. The number of rotatable bonds is 4. The van der Waals surface area contributed by atoms with Crippen LogP contribution in [0, 0.1) is 6.92 Å². The first kappa shape index (κ1) is 13.0. The second-order valence-electron chi connectivity index (χ2n) is 4.28. The van der Waals surface area contributed by atoms with Crippen LogP contribution in [-0.2, 0) is 0 Å². The number of hydrogen-bond donors (Lipinski definition) is 2.